The van der Waals surface area contributed by atoms with E-state index in [2.05, 4.69) is 30.5 Å². The van der Waals surface area contributed by atoms with Gasteiger partial charge >= 0.3 is 12.5 Å². The van der Waals surface area contributed by atoms with Crippen molar-refractivity contribution in [2.45, 2.75) is 19.5 Å². The minimum Gasteiger partial charge on any atom is -0.406 e. The molecule has 1 aromatic heterocycles. The molecule has 0 bridgehead atoms. The standard InChI is InChI=1S/C20H14F7N5O/c1-11-8-17(32-28-10-12-2-5-14(6-3-12)33-20(25,26)27)31-18(29-11)30-13-4-7-16(21)15(9-13)19(22,23)24/h2-10H,1H3,(H2,29,30,31,32)/b28-10+. The molecule has 0 fully saturated rings. The number of nitrogens with zero attached hydrogens (tertiary/aromatic N) is 3. The maximum Gasteiger partial charge on any atom is 0.573 e. The Labute approximate surface area is 182 Å². The van der Waals surface area contributed by atoms with Crippen molar-refractivity contribution in [3.8, 4) is 5.75 Å². The van der Waals surface area contributed by atoms with Crippen LogP contribution in [-0.2, 0) is 6.18 Å². The molecule has 1 heterocycles. The van der Waals surface area contributed by atoms with Crippen LogP contribution in [0.5, 0.6) is 5.75 Å². The summed E-state index contributed by atoms with van der Waals surface area (Å²) in [6.45, 7) is 1.60. The average molecular weight is 473 g/mol. The fourth-order valence-electron chi connectivity index (χ4n) is 2.56. The van der Waals surface area contributed by atoms with Crippen molar-refractivity contribution < 1.29 is 35.5 Å². The smallest absolute Gasteiger partial charge is 0.406 e. The van der Waals surface area contributed by atoms with Gasteiger partial charge in [0.25, 0.3) is 0 Å². The monoisotopic (exact) mass is 473 g/mol. The molecule has 0 spiro atoms. The van der Waals surface area contributed by atoms with Gasteiger partial charge in [-0.3, -0.25) is 5.43 Å². The molecular formula is C20H14F7N5O. The molecular weight excluding hydrogens is 459 g/mol. The van der Waals surface area contributed by atoms with Gasteiger partial charge in [-0.1, -0.05) is 0 Å². The van der Waals surface area contributed by atoms with Crippen molar-refractivity contribution in [1.29, 1.82) is 0 Å². The molecule has 0 saturated carbocycles. The van der Waals surface area contributed by atoms with E-state index in [1.165, 1.54) is 24.4 Å². The second-order valence-corrected chi connectivity index (χ2v) is 6.52. The lowest BCUT2D eigenvalue weighted by molar-refractivity contribution is -0.274. The van der Waals surface area contributed by atoms with Crippen molar-refractivity contribution in [3.63, 3.8) is 0 Å². The molecule has 0 saturated heterocycles. The number of aromatic nitrogens is 2. The van der Waals surface area contributed by atoms with Gasteiger partial charge in [0, 0.05) is 17.4 Å². The Morgan fingerprint density at radius 3 is 2.27 bits per heavy atom. The molecule has 0 amide bonds. The minimum absolute atomic E-state index is 0.0684. The zero-order valence-electron chi connectivity index (χ0n) is 16.6. The van der Waals surface area contributed by atoms with E-state index in [0.717, 1.165) is 18.2 Å². The molecule has 174 valence electrons. The van der Waals surface area contributed by atoms with Gasteiger partial charge < -0.3 is 10.1 Å². The van der Waals surface area contributed by atoms with Crippen LogP contribution in [0.2, 0.25) is 0 Å². The van der Waals surface area contributed by atoms with Gasteiger partial charge in [-0.25, -0.2) is 9.37 Å². The molecule has 2 aromatic carbocycles. The van der Waals surface area contributed by atoms with Gasteiger partial charge in [0.05, 0.1) is 11.8 Å². The van der Waals surface area contributed by atoms with Crippen LogP contribution in [0.25, 0.3) is 0 Å². The van der Waals surface area contributed by atoms with E-state index >= 15 is 0 Å². The topological polar surface area (TPSA) is 71.4 Å². The summed E-state index contributed by atoms with van der Waals surface area (Å²) in [5.41, 5.74) is 1.96. The molecule has 3 rings (SSSR count). The first-order valence-corrected chi connectivity index (χ1v) is 9.03. The first-order chi connectivity index (χ1) is 15.4. The van der Waals surface area contributed by atoms with Gasteiger partial charge in [0.1, 0.15) is 11.6 Å². The second-order valence-electron chi connectivity index (χ2n) is 6.52. The third-order valence-electron chi connectivity index (χ3n) is 3.89. The maximum absolute atomic E-state index is 13.4. The average Bonchev–Trinajstić information content (AvgIpc) is 2.68. The summed E-state index contributed by atoms with van der Waals surface area (Å²) >= 11 is 0. The summed E-state index contributed by atoms with van der Waals surface area (Å²) < 4.78 is 92.4. The lowest BCUT2D eigenvalue weighted by atomic mass is 10.2. The van der Waals surface area contributed by atoms with Crippen LogP contribution in [0, 0.1) is 12.7 Å². The molecule has 0 aliphatic carbocycles. The van der Waals surface area contributed by atoms with Gasteiger partial charge in [0.15, 0.2) is 5.82 Å². The fourth-order valence-corrected chi connectivity index (χ4v) is 2.56. The Kier molecular flexibility index (Phi) is 6.70. The predicted molar refractivity (Wildman–Crippen MR) is 106 cm³/mol. The molecule has 0 aliphatic rings. The van der Waals surface area contributed by atoms with Crippen molar-refractivity contribution in [1.82, 2.24) is 9.97 Å². The summed E-state index contributed by atoms with van der Waals surface area (Å²) in [5, 5.41) is 6.48. The third-order valence-corrected chi connectivity index (χ3v) is 3.89. The molecule has 33 heavy (non-hydrogen) atoms. The largest absolute Gasteiger partial charge is 0.573 e. The number of hydrogen-bond donors (Lipinski definition) is 2. The van der Waals surface area contributed by atoms with Crippen LogP contribution >= 0.6 is 0 Å². The quantitative estimate of drug-likeness (QED) is 0.260. The van der Waals surface area contributed by atoms with Crippen LogP contribution in [0.15, 0.2) is 53.6 Å². The number of hydrazone groups is 1. The van der Waals surface area contributed by atoms with E-state index < -0.39 is 23.9 Å². The number of anilines is 3. The van der Waals surface area contributed by atoms with Crippen LogP contribution in [0.1, 0.15) is 16.8 Å². The van der Waals surface area contributed by atoms with Crippen molar-refractivity contribution in [3.05, 3.63) is 71.2 Å². The molecule has 2 N–H and O–H groups in total. The summed E-state index contributed by atoms with van der Waals surface area (Å²) in [6, 6.07) is 8.79. The minimum atomic E-state index is -4.87. The highest BCUT2D eigenvalue weighted by molar-refractivity contribution is 5.80. The highest BCUT2D eigenvalue weighted by atomic mass is 19.4. The van der Waals surface area contributed by atoms with Crippen LogP contribution < -0.4 is 15.5 Å². The number of halogens is 7. The Hall–Kier alpha value is -3.90. The molecule has 0 unspecified atom stereocenters. The normalized spacial score (nSPS) is 12.1. The van der Waals surface area contributed by atoms with Crippen LogP contribution in [0.4, 0.5) is 48.2 Å². The number of benzene rings is 2. The SMILES string of the molecule is Cc1cc(N/N=C/c2ccc(OC(F)(F)F)cc2)nc(Nc2ccc(F)c(C(F)(F)F)c2)n1. The molecule has 0 atom stereocenters. The molecule has 0 radical (unpaired) electrons. The lowest BCUT2D eigenvalue weighted by Crippen LogP contribution is -2.17. The Balaban J connectivity index is 1.70. The Bertz CT molecular complexity index is 1150. The number of alkyl halides is 6. The summed E-state index contributed by atoms with van der Waals surface area (Å²) in [6.07, 6.45) is -8.36. The summed E-state index contributed by atoms with van der Waals surface area (Å²) in [7, 11) is 0. The fraction of sp³-hybridized carbons (Fsp3) is 0.150. The van der Waals surface area contributed by atoms with Gasteiger partial charge in [-0.2, -0.15) is 23.3 Å². The summed E-state index contributed by atoms with van der Waals surface area (Å²) in [5.74, 6) is -1.69. The van der Waals surface area contributed by atoms with E-state index in [4.69, 9.17) is 0 Å². The van der Waals surface area contributed by atoms with Gasteiger partial charge in [0.2, 0.25) is 5.95 Å². The summed E-state index contributed by atoms with van der Waals surface area (Å²) in [4.78, 5) is 8.12. The first kappa shape index (κ1) is 23.8. The highest BCUT2D eigenvalue weighted by Gasteiger charge is 2.34. The van der Waals surface area contributed by atoms with Crippen LogP contribution in [0.3, 0.4) is 0 Å². The number of rotatable bonds is 6. The molecule has 0 aliphatic heterocycles. The van der Waals surface area contributed by atoms with Crippen molar-refractivity contribution in [2.24, 2.45) is 5.10 Å². The van der Waals surface area contributed by atoms with E-state index in [9.17, 15) is 30.7 Å². The van der Waals surface area contributed by atoms with E-state index in [0.29, 0.717) is 23.4 Å². The first-order valence-electron chi connectivity index (χ1n) is 9.03. The van der Waals surface area contributed by atoms with Gasteiger partial charge in [-0.05, 0) is 55.0 Å². The number of aryl methyl sites for hydroxylation is 1. The van der Waals surface area contributed by atoms with Crippen molar-refractivity contribution in [2.75, 3.05) is 10.7 Å². The van der Waals surface area contributed by atoms with E-state index in [1.807, 2.05) is 0 Å². The molecule has 6 nitrogen and oxygen atoms in total. The number of ether oxygens (including phenoxy) is 1. The zero-order chi connectivity index (χ0) is 24.2. The van der Waals surface area contributed by atoms with Crippen molar-refractivity contribution >= 4 is 23.7 Å². The Morgan fingerprint density at radius 2 is 1.64 bits per heavy atom. The molecule has 13 heteroatoms. The maximum atomic E-state index is 13.4. The van der Waals surface area contributed by atoms with E-state index in [1.54, 1.807) is 6.92 Å². The lowest BCUT2D eigenvalue weighted by Gasteiger charge is -2.12. The highest BCUT2D eigenvalue weighted by Crippen LogP contribution is 2.33. The zero-order valence-corrected chi connectivity index (χ0v) is 16.6. The van der Waals surface area contributed by atoms with Gasteiger partial charge in [-0.15, -0.1) is 13.2 Å². The number of hydrogen-bond acceptors (Lipinski definition) is 6. The van der Waals surface area contributed by atoms with E-state index in [-0.39, 0.29) is 23.2 Å². The second kappa shape index (κ2) is 9.30. The molecule has 3 aromatic rings. The predicted octanol–water partition coefficient (Wildman–Crippen LogP) is 6.03. The number of nitrogens with one attached hydrogen (secondary N) is 2. The third kappa shape index (κ3) is 7.05. The van der Waals surface area contributed by atoms with Crippen LogP contribution in [-0.4, -0.2) is 22.5 Å². The Morgan fingerprint density at radius 1 is 0.939 bits per heavy atom.